The van der Waals surface area contributed by atoms with Gasteiger partial charge in [-0.2, -0.15) is 0 Å². The van der Waals surface area contributed by atoms with E-state index >= 15 is 0 Å². The Balaban J connectivity index is 1.43. The first-order valence-electron chi connectivity index (χ1n) is 10.2. The summed E-state index contributed by atoms with van der Waals surface area (Å²) in [5.74, 6) is 0.798. The third-order valence-electron chi connectivity index (χ3n) is 5.39. The van der Waals surface area contributed by atoms with Gasteiger partial charge >= 0.3 is 6.09 Å². The van der Waals surface area contributed by atoms with E-state index in [1.807, 2.05) is 24.3 Å². The molecule has 1 aliphatic rings. The molecule has 4 rings (SSSR count). The normalized spacial score (nSPS) is 16.5. The van der Waals surface area contributed by atoms with Crippen molar-refractivity contribution in [1.82, 2.24) is 19.5 Å². The van der Waals surface area contributed by atoms with Crippen molar-refractivity contribution in [3.8, 4) is 0 Å². The molecule has 1 aliphatic heterocycles. The molecule has 9 heteroatoms. The van der Waals surface area contributed by atoms with Gasteiger partial charge < -0.3 is 20.6 Å². The third kappa shape index (κ3) is 4.60. The van der Waals surface area contributed by atoms with Crippen molar-refractivity contribution in [3.63, 3.8) is 0 Å². The SMILES string of the molecule is CC(C)(C)c1ccc(C(=O)Nc2cn3nc(NC4CCN(C(=O)O)C4)ccc3n2)cc1. The van der Waals surface area contributed by atoms with Crippen LogP contribution in [0.25, 0.3) is 5.65 Å². The van der Waals surface area contributed by atoms with Gasteiger partial charge in [0.1, 0.15) is 5.82 Å². The second kappa shape index (κ2) is 7.90. The number of anilines is 2. The van der Waals surface area contributed by atoms with Crippen LogP contribution in [-0.4, -0.2) is 55.7 Å². The van der Waals surface area contributed by atoms with E-state index in [0.29, 0.717) is 35.9 Å². The van der Waals surface area contributed by atoms with Gasteiger partial charge in [-0.1, -0.05) is 32.9 Å². The molecule has 1 aromatic carbocycles. The molecule has 3 N–H and O–H groups in total. The van der Waals surface area contributed by atoms with Crippen LogP contribution < -0.4 is 10.6 Å². The van der Waals surface area contributed by atoms with Crippen LogP contribution in [0.5, 0.6) is 0 Å². The van der Waals surface area contributed by atoms with Gasteiger partial charge in [0.15, 0.2) is 11.5 Å². The summed E-state index contributed by atoms with van der Waals surface area (Å²) in [6.07, 6.45) is 1.47. The molecular weight excluding hydrogens is 396 g/mol. The second-order valence-corrected chi connectivity index (χ2v) is 8.79. The molecule has 2 aromatic heterocycles. The largest absolute Gasteiger partial charge is 0.465 e. The first-order valence-corrected chi connectivity index (χ1v) is 10.2. The summed E-state index contributed by atoms with van der Waals surface area (Å²) in [6.45, 7) is 7.32. The van der Waals surface area contributed by atoms with Crippen LogP contribution >= 0.6 is 0 Å². The van der Waals surface area contributed by atoms with Gasteiger partial charge in [0, 0.05) is 24.7 Å². The Morgan fingerprint density at radius 1 is 1.10 bits per heavy atom. The van der Waals surface area contributed by atoms with Gasteiger partial charge in [-0.05, 0) is 41.7 Å². The number of imidazole rings is 1. The van der Waals surface area contributed by atoms with Crippen molar-refractivity contribution in [2.45, 2.75) is 38.6 Å². The van der Waals surface area contributed by atoms with E-state index in [0.717, 1.165) is 12.0 Å². The minimum atomic E-state index is -0.907. The molecule has 2 amide bonds. The quantitative estimate of drug-likeness (QED) is 0.594. The van der Waals surface area contributed by atoms with Crippen LogP contribution in [0.15, 0.2) is 42.6 Å². The van der Waals surface area contributed by atoms with E-state index in [2.05, 4.69) is 41.5 Å². The molecule has 0 aliphatic carbocycles. The van der Waals surface area contributed by atoms with Crippen molar-refractivity contribution in [1.29, 1.82) is 0 Å². The summed E-state index contributed by atoms with van der Waals surface area (Å²) in [5, 5.41) is 19.6. The second-order valence-electron chi connectivity index (χ2n) is 8.79. The Morgan fingerprint density at radius 2 is 1.84 bits per heavy atom. The van der Waals surface area contributed by atoms with Gasteiger partial charge in [-0.3, -0.25) is 4.79 Å². The lowest BCUT2D eigenvalue weighted by atomic mass is 9.87. The number of benzene rings is 1. The maximum absolute atomic E-state index is 12.6. The van der Waals surface area contributed by atoms with Crippen molar-refractivity contribution < 1.29 is 14.7 Å². The number of likely N-dealkylation sites (tertiary alicyclic amines) is 1. The van der Waals surface area contributed by atoms with Gasteiger partial charge in [0.05, 0.1) is 6.20 Å². The Kier molecular flexibility index (Phi) is 5.26. The molecule has 0 spiro atoms. The molecule has 3 heterocycles. The lowest BCUT2D eigenvalue weighted by molar-refractivity contribution is 0.102. The van der Waals surface area contributed by atoms with Crippen molar-refractivity contribution >= 4 is 29.3 Å². The predicted octanol–water partition coefficient (Wildman–Crippen LogP) is 3.44. The molecule has 162 valence electrons. The van der Waals surface area contributed by atoms with Gasteiger partial charge in [0.25, 0.3) is 5.91 Å². The van der Waals surface area contributed by atoms with E-state index in [-0.39, 0.29) is 17.4 Å². The van der Waals surface area contributed by atoms with Crippen molar-refractivity contribution in [2.24, 2.45) is 0 Å². The molecule has 0 saturated carbocycles. The third-order valence-corrected chi connectivity index (χ3v) is 5.39. The van der Waals surface area contributed by atoms with Crippen LogP contribution in [0.2, 0.25) is 0 Å². The highest BCUT2D eigenvalue weighted by Gasteiger charge is 2.26. The minimum absolute atomic E-state index is 0.0137. The zero-order valence-corrected chi connectivity index (χ0v) is 17.8. The monoisotopic (exact) mass is 422 g/mol. The summed E-state index contributed by atoms with van der Waals surface area (Å²) in [4.78, 5) is 29.4. The Bertz CT molecular complexity index is 1120. The molecule has 1 atom stereocenters. The molecule has 0 bridgehead atoms. The summed E-state index contributed by atoms with van der Waals surface area (Å²) in [7, 11) is 0. The highest BCUT2D eigenvalue weighted by Crippen LogP contribution is 2.22. The number of hydrogen-bond donors (Lipinski definition) is 3. The van der Waals surface area contributed by atoms with Gasteiger partial charge in [-0.25, -0.2) is 14.3 Å². The average molecular weight is 422 g/mol. The Hall–Kier alpha value is -3.62. The highest BCUT2D eigenvalue weighted by molar-refractivity contribution is 6.03. The van der Waals surface area contributed by atoms with E-state index in [9.17, 15) is 9.59 Å². The van der Waals surface area contributed by atoms with E-state index in [1.54, 1.807) is 22.8 Å². The smallest absolute Gasteiger partial charge is 0.407 e. The fourth-order valence-electron chi connectivity index (χ4n) is 3.59. The number of nitrogens with zero attached hydrogens (tertiary/aromatic N) is 4. The van der Waals surface area contributed by atoms with E-state index < -0.39 is 6.09 Å². The molecule has 3 aromatic rings. The topological polar surface area (TPSA) is 112 Å². The van der Waals surface area contributed by atoms with Crippen LogP contribution in [0, 0.1) is 0 Å². The number of rotatable bonds is 4. The van der Waals surface area contributed by atoms with E-state index in [4.69, 9.17) is 5.11 Å². The maximum atomic E-state index is 12.6. The number of aromatic nitrogens is 3. The highest BCUT2D eigenvalue weighted by atomic mass is 16.4. The Morgan fingerprint density at radius 3 is 2.48 bits per heavy atom. The van der Waals surface area contributed by atoms with Gasteiger partial charge in [0.2, 0.25) is 0 Å². The number of carboxylic acid groups (broad SMARTS) is 1. The lowest BCUT2D eigenvalue weighted by Gasteiger charge is -2.18. The number of hydrogen-bond acceptors (Lipinski definition) is 5. The molecule has 1 fully saturated rings. The zero-order valence-electron chi connectivity index (χ0n) is 17.8. The molecular formula is C22H26N6O3. The average Bonchev–Trinajstić information content (AvgIpc) is 3.33. The van der Waals surface area contributed by atoms with Crippen LogP contribution in [0.1, 0.15) is 43.1 Å². The molecule has 0 radical (unpaired) electrons. The van der Waals surface area contributed by atoms with Gasteiger partial charge in [-0.15, -0.1) is 5.10 Å². The summed E-state index contributed by atoms with van der Waals surface area (Å²) in [6, 6.07) is 11.2. The first-order chi connectivity index (χ1) is 14.7. The Labute approximate surface area is 180 Å². The standard InChI is InChI=1S/C22H26N6O3/c1-22(2,3)15-6-4-14(5-7-15)20(29)25-18-13-28-19(24-18)9-8-17(26-28)23-16-10-11-27(12-16)21(30)31/h4-9,13,16H,10-12H2,1-3H3,(H,23,26)(H,25,29)(H,30,31). The molecule has 1 unspecified atom stereocenters. The van der Waals surface area contributed by atoms with E-state index in [1.165, 1.54) is 4.90 Å². The van der Waals surface area contributed by atoms with Crippen molar-refractivity contribution in [3.05, 3.63) is 53.7 Å². The maximum Gasteiger partial charge on any atom is 0.407 e. The molecule has 9 nitrogen and oxygen atoms in total. The van der Waals surface area contributed by atoms with Crippen LogP contribution in [-0.2, 0) is 5.41 Å². The molecule has 31 heavy (non-hydrogen) atoms. The number of carbonyl (C=O) groups excluding carboxylic acids is 1. The van der Waals surface area contributed by atoms with Crippen LogP contribution in [0.3, 0.4) is 0 Å². The number of amides is 2. The lowest BCUT2D eigenvalue weighted by Crippen LogP contribution is -2.30. The number of fused-ring (bicyclic) bond motifs is 1. The predicted molar refractivity (Wildman–Crippen MR) is 118 cm³/mol. The summed E-state index contributed by atoms with van der Waals surface area (Å²) >= 11 is 0. The molecule has 1 saturated heterocycles. The fraction of sp³-hybridized carbons (Fsp3) is 0.364. The van der Waals surface area contributed by atoms with Crippen LogP contribution in [0.4, 0.5) is 16.4 Å². The minimum Gasteiger partial charge on any atom is -0.465 e. The number of nitrogens with one attached hydrogen (secondary N) is 2. The summed E-state index contributed by atoms with van der Waals surface area (Å²) < 4.78 is 1.59. The zero-order chi connectivity index (χ0) is 22.2. The fourth-order valence-corrected chi connectivity index (χ4v) is 3.59. The summed E-state index contributed by atoms with van der Waals surface area (Å²) in [5.41, 5.74) is 2.35. The first kappa shape index (κ1) is 20.6. The van der Waals surface area contributed by atoms with Crippen molar-refractivity contribution in [2.75, 3.05) is 23.7 Å². The number of carbonyl (C=O) groups is 2.